The molecule has 0 unspecified atom stereocenters. The van der Waals surface area contributed by atoms with Crippen LogP contribution in [0.1, 0.15) is 34.3 Å². The SMILES string of the molecule is Cc1cccc(C(=O)NC2CCN(Cc3ccc(Cl)cc3)CC2)c1. The van der Waals surface area contributed by atoms with Crippen molar-refractivity contribution in [3.05, 3.63) is 70.2 Å². The topological polar surface area (TPSA) is 32.3 Å². The third kappa shape index (κ3) is 4.59. The van der Waals surface area contributed by atoms with Crippen LogP contribution in [0.5, 0.6) is 0 Å². The zero-order valence-corrected chi connectivity index (χ0v) is 14.7. The maximum absolute atomic E-state index is 12.3. The highest BCUT2D eigenvalue weighted by atomic mass is 35.5. The molecule has 1 heterocycles. The van der Waals surface area contributed by atoms with E-state index in [0.29, 0.717) is 0 Å². The van der Waals surface area contributed by atoms with Crippen molar-refractivity contribution < 1.29 is 4.79 Å². The third-order valence-corrected chi connectivity index (χ3v) is 4.77. The van der Waals surface area contributed by atoms with Crippen LogP contribution < -0.4 is 5.32 Å². The van der Waals surface area contributed by atoms with Gasteiger partial charge in [0.25, 0.3) is 5.91 Å². The highest BCUT2D eigenvalue weighted by Gasteiger charge is 2.21. The molecule has 24 heavy (non-hydrogen) atoms. The Morgan fingerprint density at radius 3 is 2.54 bits per heavy atom. The summed E-state index contributed by atoms with van der Waals surface area (Å²) in [7, 11) is 0. The van der Waals surface area contributed by atoms with Gasteiger partial charge in [-0.2, -0.15) is 0 Å². The molecule has 1 amide bonds. The van der Waals surface area contributed by atoms with E-state index < -0.39 is 0 Å². The van der Waals surface area contributed by atoms with Gasteiger partial charge in [-0.25, -0.2) is 0 Å². The molecule has 3 nitrogen and oxygen atoms in total. The Bertz CT molecular complexity index is 691. The van der Waals surface area contributed by atoms with Crippen molar-refractivity contribution in [2.24, 2.45) is 0 Å². The number of amides is 1. The van der Waals surface area contributed by atoms with Crippen molar-refractivity contribution in [1.29, 1.82) is 0 Å². The van der Waals surface area contributed by atoms with Gasteiger partial charge in [0.15, 0.2) is 0 Å². The lowest BCUT2D eigenvalue weighted by Crippen LogP contribution is -2.44. The number of carbonyl (C=O) groups is 1. The van der Waals surface area contributed by atoms with Crippen molar-refractivity contribution in [3.63, 3.8) is 0 Å². The highest BCUT2D eigenvalue weighted by molar-refractivity contribution is 6.30. The van der Waals surface area contributed by atoms with Gasteiger partial charge in [-0.3, -0.25) is 9.69 Å². The Hall–Kier alpha value is -1.84. The Kier molecular flexibility index (Phi) is 5.54. The van der Waals surface area contributed by atoms with Crippen LogP contribution in [0.25, 0.3) is 0 Å². The quantitative estimate of drug-likeness (QED) is 0.909. The molecule has 1 N–H and O–H groups in total. The second-order valence-corrected chi connectivity index (χ2v) is 6.96. The van der Waals surface area contributed by atoms with Crippen molar-refractivity contribution in [2.45, 2.75) is 32.4 Å². The fourth-order valence-electron chi connectivity index (χ4n) is 3.14. The van der Waals surface area contributed by atoms with E-state index >= 15 is 0 Å². The molecular weight excluding hydrogens is 320 g/mol. The number of carbonyl (C=O) groups excluding carboxylic acids is 1. The van der Waals surface area contributed by atoms with E-state index in [-0.39, 0.29) is 11.9 Å². The van der Waals surface area contributed by atoms with Crippen molar-refractivity contribution in [2.75, 3.05) is 13.1 Å². The van der Waals surface area contributed by atoms with Crippen LogP contribution in [0.3, 0.4) is 0 Å². The summed E-state index contributed by atoms with van der Waals surface area (Å²) in [6.45, 7) is 4.95. The highest BCUT2D eigenvalue weighted by Crippen LogP contribution is 2.16. The molecule has 1 aliphatic rings. The van der Waals surface area contributed by atoms with Gasteiger partial charge in [0.05, 0.1) is 0 Å². The average Bonchev–Trinajstić information content (AvgIpc) is 2.59. The minimum Gasteiger partial charge on any atom is -0.349 e. The molecule has 0 atom stereocenters. The van der Waals surface area contributed by atoms with Crippen LogP contribution in [0.15, 0.2) is 48.5 Å². The summed E-state index contributed by atoms with van der Waals surface area (Å²) in [6.07, 6.45) is 1.98. The molecule has 4 heteroatoms. The van der Waals surface area contributed by atoms with Crippen LogP contribution in [0, 0.1) is 6.92 Å². The molecule has 1 aliphatic heterocycles. The predicted molar refractivity (Wildman–Crippen MR) is 98.4 cm³/mol. The van der Waals surface area contributed by atoms with E-state index in [1.54, 1.807) is 0 Å². The fourth-order valence-corrected chi connectivity index (χ4v) is 3.26. The lowest BCUT2D eigenvalue weighted by atomic mass is 10.0. The molecule has 0 saturated carbocycles. The Morgan fingerprint density at radius 1 is 1.17 bits per heavy atom. The van der Waals surface area contributed by atoms with Crippen LogP contribution >= 0.6 is 11.6 Å². The number of hydrogen-bond acceptors (Lipinski definition) is 2. The molecule has 0 aliphatic carbocycles. The van der Waals surface area contributed by atoms with Gasteiger partial charge >= 0.3 is 0 Å². The normalized spacial score (nSPS) is 16.1. The maximum atomic E-state index is 12.3. The van der Waals surface area contributed by atoms with Gasteiger partial charge < -0.3 is 5.32 Å². The molecule has 0 aromatic heterocycles. The predicted octanol–water partition coefficient (Wildman–Crippen LogP) is 4.04. The minimum absolute atomic E-state index is 0.0369. The van der Waals surface area contributed by atoms with Crippen LogP contribution in [0.4, 0.5) is 0 Å². The Balaban J connectivity index is 1.48. The molecule has 1 fully saturated rings. The second kappa shape index (κ2) is 7.82. The van der Waals surface area contributed by atoms with E-state index in [0.717, 1.165) is 48.6 Å². The van der Waals surface area contributed by atoms with E-state index in [1.807, 2.05) is 43.3 Å². The zero-order chi connectivity index (χ0) is 16.9. The molecule has 0 spiro atoms. The summed E-state index contributed by atoms with van der Waals surface area (Å²) in [6, 6.07) is 16.0. The van der Waals surface area contributed by atoms with Crippen molar-refractivity contribution in [1.82, 2.24) is 10.2 Å². The Morgan fingerprint density at radius 2 is 1.88 bits per heavy atom. The standard InChI is InChI=1S/C20H23ClN2O/c1-15-3-2-4-17(13-15)20(24)22-19-9-11-23(12-10-19)14-16-5-7-18(21)8-6-16/h2-8,13,19H,9-12,14H2,1H3,(H,22,24). The lowest BCUT2D eigenvalue weighted by Gasteiger charge is -2.32. The summed E-state index contributed by atoms with van der Waals surface area (Å²) in [5, 5.41) is 3.95. The largest absolute Gasteiger partial charge is 0.349 e. The molecule has 126 valence electrons. The van der Waals surface area contributed by atoms with Crippen molar-refractivity contribution >= 4 is 17.5 Å². The number of benzene rings is 2. The number of hydrogen-bond donors (Lipinski definition) is 1. The van der Waals surface area contributed by atoms with E-state index in [4.69, 9.17) is 11.6 Å². The lowest BCUT2D eigenvalue weighted by molar-refractivity contribution is 0.0909. The first-order chi connectivity index (χ1) is 11.6. The van der Waals surface area contributed by atoms with Gasteiger partial charge in [0.1, 0.15) is 0 Å². The number of likely N-dealkylation sites (tertiary alicyclic amines) is 1. The van der Waals surface area contributed by atoms with Gasteiger partial charge in [-0.15, -0.1) is 0 Å². The Labute approximate surface area is 148 Å². The number of rotatable bonds is 4. The maximum Gasteiger partial charge on any atom is 0.251 e. The summed E-state index contributed by atoms with van der Waals surface area (Å²) < 4.78 is 0. The molecule has 0 bridgehead atoms. The minimum atomic E-state index is 0.0369. The number of nitrogens with zero attached hydrogens (tertiary/aromatic N) is 1. The number of nitrogens with one attached hydrogen (secondary N) is 1. The smallest absolute Gasteiger partial charge is 0.251 e. The third-order valence-electron chi connectivity index (χ3n) is 4.52. The fraction of sp³-hybridized carbons (Fsp3) is 0.350. The molecule has 3 rings (SSSR count). The van der Waals surface area contributed by atoms with Crippen molar-refractivity contribution in [3.8, 4) is 0 Å². The number of halogens is 1. The average molecular weight is 343 g/mol. The second-order valence-electron chi connectivity index (χ2n) is 6.52. The molecule has 2 aromatic carbocycles. The summed E-state index contributed by atoms with van der Waals surface area (Å²) >= 11 is 5.93. The van der Waals surface area contributed by atoms with E-state index in [9.17, 15) is 4.79 Å². The first-order valence-electron chi connectivity index (χ1n) is 8.44. The van der Waals surface area contributed by atoms with Crippen LogP contribution in [-0.4, -0.2) is 29.9 Å². The zero-order valence-electron chi connectivity index (χ0n) is 14.0. The first kappa shape index (κ1) is 17.0. The van der Waals surface area contributed by atoms with E-state index in [1.165, 1.54) is 5.56 Å². The van der Waals surface area contributed by atoms with E-state index in [2.05, 4.69) is 22.3 Å². The van der Waals surface area contributed by atoms with Gasteiger partial charge in [-0.1, -0.05) is 41.4 Å². The van der Waals surface area contributed by atoms with Crippen LogP contribution in [-0.2, 0) is 6.54 Å². The monoisotopic (exact) mass is 342 g/mol. The van der Waals surface area contributed by atoms with Gasteiger partial charge in [0, 0.05) is 36.3 Å². The molecule has 0 radical (unpaired) electrons. The molecular formula is C20H23ClN2O. The number of piperidine rings is 1. The summed E-state index contributed by atoms with van der Waals surface area (Å²) in [4.78, 5) is 14.8. The first-order valence-corrected chi connectivity index (χ1v) is 8.82. The summed E-state index contributed by atoms with van der Waals surface area (Å²) in [5.74, 6) is 0.0369. The molecule has 2 aromatic rings. The van der Waals surface area contributed by atoms with Gasteiger partial charge in [0.2, 0.25) is 0 Å². The summed E-state index contributed by atoms with van der Waals surface area (Å²) in [5.41, 5.74) is 3.14. The molecule has 1 saturated heterocycles. The van der Waals surface area contributed by atoms with Crippen LogP contribution in [0.2, 0.25) is 5.02 Å². The number of aryl methyl sites for hydroxylation is 1. The van der Waals surface area contributed by atoms with Gasteiger partial charge in [-0.05, 0) is 49.6 Å².